The van der Waals surface area contributed by atoms with Crippen LogP contribution in [0, 0.1) is 0 Å². The highest BCUT2D eigenvalue weighted by molar-refractivity contribution is 6.36. The van der Waals surface area contributed by atoms with Crippen molar-refractivity contribution in [2.45, 2.75) is 6.42 Å². The molecule has 0 atom stereocenters. The molecule has 28 heavy (non-hydrogen) atoms. The van der Waals surface area contributed by atoms with E-state index in [2.05, 4.69) is 5.32 Å². The number of hydrogen-bond donors (Lipinski definition) is 1. The molecule has 146 valence electrons. The number of benzene rings is 2. The Morgan fingerprint density at radius 1 is 1.04 bits per heavy atom. The van der Waals surface area contributed by atoms with Gasteiger partial charge in [0, 0.05) is 25.9 Å². The fourth-order valence-corrected chi connectivity index (χ4v) is 3.28. The zero-order chi connectivity index (χ0) is 20.1. The van der Waals surface area contributed by atoms with E-state index in [1.165, 1.54) is 12.0 Å². The standard InChI is InChI=1S/C21H21ClN2O4/c1-27-12-6-11-24-20(25)18(14-7-4-3-5-8-14)19(21(24)26)23-15-9-10-17(28-2)16(22)13-15/h3-5,7-10,13,23H,6,11-12H2,1-2H3. The van der Waals surface area contributed by atoms with Crippen molar-refractivity contribution in [1.29, 1.82) is 0 Å². The second-order valence-corrected chi connectivity index (χ2v) is 6.61. The van der Waals surface area contributed by atoms with Gasteiger partial charge in [-0.2, -0.15) is 0 Å². The van der Waals surface area contributed by atoms with Gasteiger partial charge < -0.3 is 14.8 Å². The van der Waals surface area contributed by atoms with E-state index in [-0.39, 0.29) is 24.1 Å². The summed E-state index contributed by atoms with van der Waals surface area (Å²) >= 11 is 6.19. The SMILES string of the molecule is COCCCN1C(=O)C(Nc2ccc(OC)c(Cl)c2)=C(c2ccccc2)C1=O. The van der Waals surface area contributed by atoms with Crippen molar-refractivity contribution in [1.82, 2.24) is 4.90 Å². The number of anilines is 1. The molecule has 0 unspecified atom stereocenters. The number of halogens is 1. The molecule has 2 aromatic rings. The number of amides is 2. The van der Waals surface area contributed by atoms with Gasteiger partial charge in [0.15, 0.2) is 0 Å². The van der Waals surface area contributed by atoms with E-state index in [0.717, 1.165) is 0 Å². The number of methoxy groups -OCH3 is 2. The van der Waals surface area contributed by atoms with Crippen LogP contribution in [0.2, 0.25) is 5.02 Å². The minimum atomic E-state index is -0.369. The van der Waals surface area contributed by atoms with Gasteiger partial charge in [0.25, 0.3) is 11.8 Å². The van der Waals surface area contributed by atoms with Gasteiger partial charge in [0.2, 0.25) is 0 Å². The average molecular weight is 401 g/mol. The molecule has 7 heteroatoms. The van der Waals surface area contributed by atoms with Crippen molar-refractivity contribution in [3.63, 3.8) is 0 Å². The van der Waals surface area contributed by atoms with E-state index in [1.54, 1.807) is 25.3 Å². The quantitative estimate of drug-likeness (QED) is 0.542. The fourth-order valence-electron chi connectivity index (χ4n) is 3.02. The first-order valence-electron chi connectivity index (χ1n) is 8.82. The monoisotopic (exact) mass is 400 g/mol. The number of rotatable bonds is 8. The molecule has 0 aromatic heterocycles. The first-order chi connectivity index (χ1) is 13.6. The molecule has 1 N–H and O–H groups in total. The van der Waals surface area contributed by atoms with Gasteiger partial charge in [0.05, 0.1) is 17.7 Å². The van der Waals surface area contributed by atoms with Gasteiger partial charge in [-0.1, -0.05) is 41.9 Å². The van der Waals surface area contributed by atoms with Crippen LogP contribution in [0.3, 0.4) is 0 Å². The number of nitrogens with one attached hydrogen (secondary N) is 1. The number of carbonyl (C=O) groups excluding carboxylic acids is 2. The van der Waals surface area contributed by atoms with Gasteiger partial charge in [-0.25, -0.2) is 0 Å². The maximum atomic E-state index is 13.0. The summed E-state index contributed by atoms with van der Waals surface area (Å²) in [5.74, 6) is -0.166. The van der Waals surface area contributed by atoms with Gasteiger partial charge in [-0.15, -0.1) is 0 Å². The number of carbonyl (C=O) groups is 2. The zero-order valence-electron chi connectivity index (χ0n) is 15.7. The van der Waals surface area contributed by atoms with E-state index < -0.39 is 0 Å². The molecule has 1 heterocycles. The molecule has 0 radical (unpaired) electrons. The molecule has 0 saturated heterocycles. The molecule has 0 saturated carbocycles. The van der Waals surface area contributed by atoms with Gasteiger partial charge in [-0.3, -0.25) is 14.5 Å². The van der Waals surface area contributed by atoms with E-state index in [4.69, 9.17) is 21.1 Å². The summed E-state index contributed by atoms with van der Waals surface area (Å²) < 4.78 is 10.2. The summed E-state index contributed by atoms with van der Waals surface area (Å²) in [6.45, 7) is 0.755. The third kappa shape index (κ3) is 4.03. The maximum absolute atomic E-state index is 13.0. The van der Waals surface area contributed by atoms with E-state index in [9.17, 15) is 9.59 Å². The van der Waals surface area contributed by atoms with Crippen LogP contribution in [0.25, 0.3) is 5.57 Å². The summed E-state index contributed by atoms with van der Waals surface area (Å²) in [6.07, 6.45) is 0.567. The highest BCUT2D eigenvalue weighted by Crippen LogP contribution is 2.33. The lowest BCUT2D eigenvalue weighted by atomic mass is 10.0. The Hall–Kier alpha value is -2.83. The molecule has 0 bridgehead atoms. The first kappa shape index (κ1) is 19.9. The Morgan fingerprint density at radius 2 is 1.79 bits per heavy atom. The van der Waals surface area contributed by atoms with Crippen LogP contribution >= 0.6 is 11.6 Å². The minimum absolute atomic E-state index is 0.231. The van der Waals surface area contributed by atoms with Crippen molar-refractivity contribution in [3.05, 3.63) is 64.8 Å². The number of ether oxygens (including phenoxy) is 2. The Labute approximate surface area is 168 Å². The lowest BCUT2D eigenvalue weighted by Crippen LogP contribution is -2.33. The lowest BCUT2D eigenvalue weighted by Gasteiger charge is -2.15. The van der Waals surface area contributed by atoms with Crippen LogP contribution in [-0.2, 0) is 14.3 Å². The minimum Gasteiger partial charge on any atom is -0.495 e. The Bertz CT molecular complexity index is 912. The normalized spacial score (nSPS) is 14.0. The predicted molar refractivity (Wildman–Crippen MR) is 108 cm³/mol. The van der Waals surface area contributed by atoms with E-state index in [1.807, 2.05) is 30.3 Å². The highest BCUT2D eigenvalue weighted by Gasteiger charge is 2.38. The number of hydrogen-bond acceptors (Lipinski definition) is 5. The Morgan fingerprint density at radius 3 is 2.43 bits per heavy atom. The Balaban J connectivity index is 1.97. The molecule has 0 spiro atoms. The van der Waals surface area contributed by atoms with Gasteiger partial charge in [0.1, 0.15) is 11.4 Å². The third-order valence-corrected chi connectivity index (χ3v) is 4.68. The van der Waals surface area contributed by atoms with Crippen molar-refractivity contribution >= 4 is 34.7 Å². The molecule has 3 rings (SSSR count). The first-order valence-corrected chi connectivity index (χ1v) is 9.20. The summed E-state index contributed by atoms with van der Waals surface area (Å²) in [5, 5.41) is 3.48. The molecule has 2 amide bonds. The molecule has 2 aromatic carbocycles. The molecular weight excluding hydrogens is 380 g/mol. The summed E-state index contributed by atoms with van der Waals surface area (Å²) in [5.41, 5.74) is 1.84. The van der Waals surface area contributed by atoms with Crippen LogP contribution in [0.4, 0.5) is 5.69 Å². The third-order valence-electron chi connectivity index (χ3n) is 4.38. The van der Waals surface area contributed by atoms with Crippen LogP contribution in [0.1, 0.15) is 12.0 Å². The molecule has 0 aliphatic carbocycles. The fraction of sp³-hybridized carbons (Fsp3) is 0.238. The number of imide groups is 1. The Kier molecular flexibility index (Phi) is 6.34. The van der Waals surface area contributed by atoms with Crippen molar-refractivity contribution < 1.29 is 19.1 Å². The average Bonchev–Trinajstić information content (AvgIpc) is 2.93. The van der Waals surface area contributed by atoms with Crippen LogP contribution < -0.4 is 10.1 Å². The van der Waals surface area contributed by atoms with Crippen molar-refractivity contribution in [2.24, 2.45) is 0 Å². The second kappa shape index (κ2) is 8.91. The zero-order valence-corrected chi connectivity index (χ0v) is 16.5. The largest absolute Gasteiger partial charge is 0.495 e. The second-order valence-electron chi connectivity index (χ2n) is 6.20. The van der Waals surface area contributed by atoms with Gasteiger partial charge in [-0.05, 0) is 30.2 Å². The van der Waals surface area contributed by atoms with Crippen molar-refractivity contribution in [3.8, 4) is 5.75 Å². The summed E-state index contributed by atoms with van der Waals surface area (Å²) in [6, 6.07) is 14.2. The summed E-state index contributed by atoms with van der Waals surface area (Å²) in [4.78, 5) is 27.2. The molecule has 1 aliphatic heterocycles. The molecule has 6 nitrogen and oxygen atoms in total. The van der Waals surface area contributed by atoms with Crippen LogP contribution in [0.15, 0.2) is 54.2 Å². The smallest absolute Gasteiger partial charge is 0.278 e. The van der Waals surface area contributed by atoms with Crippen LogP contribution in [-0.4, -0.2) is 44.1 Å². The number of nitrogens with zero attached hydrogens (tertiary/aromatic N) is 1. The van der Waals surface area contributed by atoms with E-state index >= 15 is 0 Å². The van der Waals surface area contributed by atoms with Crippen molar-refractivity contribution in [2.75, 3.05) is 32.7 Å². The molecule has 0 fully saturated rings. The molecule has 1 aliphatic rings. The molecular formula is C21H21ClN2O4. The van der Waals surface area contributed by atoms with E-state index in [0.29, 0.717) is 40.6 Å². The highest BCUT2D eigenvalue weighted by atomic mass is 35.5. The lowest BCUT2D eigenvalue weighted by molar-refractivity contribution is -0.136. The van der Waals surface area contributed by atoms with Crippen LogP contribution in [0.5, 0.6) is 5.75 Å². The maximum Gasteiger partial charge on any atom is 0.278 e. The summed E-state index contributed by atoms with van der Waals surface area (Å²) in [7, 11) is 3.11. The predicted octanol–water partition coefficient (Wildman–Crippen LogP) is 3.58. The topological polar surface area (TPSA) is 67.9 Å². The van der Waals surface area contributed by atoms with Gasteiger partial charge >= 0.3 is 0 Å².